The number of rotatable bonds is 4. The van der Waals surface area contributed by atoms with Gasteiger partial charge in [-0.1, -0.05) is 0 Å². The zero-order valence-electron chi connectivity index (χ0n) is 14.1. The topological polar surface area (TPSA) is 165 Å². The van der Waals surface area contributed by atoms with Gasteiger partial charge in [0.1, 0.15) is 48.9 Å². The lowest BCUT2D eigenvalue weighted by Crippen LogP contribution is -2.46. The fourth-order valence-corrected chi connectivity index (χ4v) is 3.00. The van der Waals surface area contributed by atoms with Gasteiger partial charge in [0.05, 0.1) is 5.69 Å². The van der Waals surface area contributed by atoms with Crippen LogP contribution in [0.1, 0.15) is 24.6 Å². The number of carbonyl (C=O) groups excluding carboxylic acids is 1. The lowest BCUT2D eigenvalue weighted by Gasteiger charge is -2.23. The first-order chi connectivity index (χ1) is 12.9. The van der Waals surface area contributed by atoms with Gasteiger partial charge in [-0.2, -0.15) is 10.4 Å². The van der Waals surface area contributed by atoms with Crippen molar-refractivity contribution >= 4 is 17.5 Å². The summed E-state index contributed by atoms with van der Waals surface area (Å²) in [6.07, 6.45) is -2.52. The maximum Gasteiger partial charge on any atom is 0.508 e. The maximum atomic E-state index is 11.6. The number of nitrogens with zero attached hydrogens (tertiary/aromatic N) is 4. The van der Waals surface area contributed by atoms with E-state index in [2.05, 4.69) is 10.1 Å². The van der Waals surface area contributed by atoms with Crippen LogP contribution in [0.2, 0.25) is 0 Å². The van der Waals surface area contributed by atoms with Crippen molar-refractivity contribution in [3.8, 4) is 6.07 Å². The summed E-state index contributed by atoms with van der Waals surface area (Å²) in [6.45, 7) is -0.593. The number of anilines is 1. The summed E-state index contributed by atoms with van der Waals surface area (Å²) >= 11 is 0. The lowest BCUT2D eigenvalue weighted by molar-refractivity contribution is -0.0862. The molecule has 1 unspecified atom stereocenters. The Bertz CT molecular complexity index is 922. The number of nitrogen functional groups attached to an aromatic ring is 1. The number of fused-ring (bicyclic) bond motifs is 1. The molecule has 2 aromatic heterocycles. The third kappa shape index (κ3) is 2.93. The third-order valence-electron chi connectivity index (χ3n) is 4.63. The van der Waals surface area contributed by atoms with Gasteiger partial charge in [0, 0.05) is 0 Å². The molecule has 1 saturated carbocycles. The van der Waals surface area contributed by atoms with Crippen LogP contribution in [0.3, 0.4) is 0 Å². The average molecular weight is 375 g/mol. The monoisotopic (exact) mass is 375 g/mol. The van der Waals surface area contributed by atoms with E-state index in [9.17, 15) is 20.3 Å². The Morgan fingerprint density at radius 1 is 1.48 bits per heavy atom. The second kappa shape index (κ2) is 6.34. The number of nitrogens with two attached hydrogens (primary N) is 1. The zero-order valence-corrected chi connectivity index (χ0v) is 14.1. The van der Waals surface area contributed by atoms with Crippen LogP contribution in [0.4, 0.5) is 10.6 Å². The molecule has 142 valence electrons. The molecule has 11 heteroatoms. The highest BCUT2D eigenvalue weighted by molar-refractivity contribution is 5.65. The smallest absolute Gasteiger partial charge is 0.431 e. The minimum atomic E-state index is -1.95. The van der Waals surface area contributed by atoms with Crippen molar-refractivity contribution in [1.82, 2.24) is 14.6 Å². The zero-order chi connectivity index (χ0) is 19.2. The molecular formula is C16H17N5O6. The fraction of sp³-hybridized carbons (Fsp3) is 0.500. The van der Waals surface area contributed by atoms with Crippen molar-refractivity contribution in [1.29, 1.82) is 5.26 Å². The van der Waals surface area contributed by atoms with Gasteiger partial charge in [-0.3, -0.25) is 0 Å². The predicted molar refractivity (Wildman–Crippen MR) is 87.0 cm³/mol. The minimum Gasteiger partial charge on any atom is -0.431 e. The number of aliphatic hydroxyl groups excluding tert-OH is 2. The molecule has 0 spiro atoms. The number of hydrogen-bond donors (Lipinski definition) is 3. The highest BCUT2D eigenvalue weighted by Crippen LogP contribution is 2.40. The van der Waals surface area contributed by atoms with Gasteiger partial charge in [0.25, 0.3) is 0 Å². The van der Waals surface area contributed by atoms with Crippen molar-refractivity contribution in [2.24, 2.45) is 0 Å². The summed E-state index contributed by atoms with van der Waals surface area (Å²) in [6, 6.07) is 5.02. The summed E-state index contributed by atoms with van der Waals surface area (Å²) in [4.78, 5) is 15.5. The van der Waals surface area contributed by atoms with E-state index in [1.165, 1.54) is 10.8 Å². The molecule has 1 aliphatic carbocycles. The Kier molecular flexibility index (Phi) is 4.11. The average Bonchev–Trinajstić information content (AvgIpc) is 3.30. The quantitative estimate of drug-likeness (QED) is 0.603. The normalized spacial score (nSPS) is 30.2. The molecule has 3 heterocycles. The van der Waals surface area contributed by atoms with Crippen LogP contribution in [-0.4, -0.2) is 61.5 Å². The fourth-order valence-electron chi connectivity index (χ4n) is 3.00. The molecule has 0 radical (unpaired) electrons. The van der Waals surface area contributed by atoms with Crippen molar-refractivity contribution in [2.75, 3.05) is 12.3 Å². The third-order valence-corrected chi connectivity index (χ3v) is 4.63. The number of aliphatic hydroxyl groups is 2. The first-order valence-electron chi connectivity index (χ1n) is 8.32. The second-order valence-electron chi connectivity index (χ2n) is 6.53. The van der Waals surface area contributed by atoms with E-state index in [0.29, 0.717) is 11.2 Å². The van der Waals surface area contributed by atoms with E-state index < -0.39 is 36.7 Å². The molecule has 1 saturated heterocycles. The Balaban J connectivity index is 1.57. The molecule has 27 heavy (non-hydrogen) atoms. The van der Waals surface area contributed by atoms with E-state index in [-0.39, 0.29) is 11.9 Å². The van der Waals surface area contributed by atoms with Crippen molar-refractivity contribution < 1.29 is 29.2 Å². The van der Waals surface area contributed by atoms with Gasteiger partial charge in [0.2, 0.25) is 5.60 Å². The molecule has 0 bridgehead atoms. The van der Waals surface area contributed by atoms with Crippen LogP contribution < -0.4 is 5.73 Å². The summed E-state index contributed by atoms with van der Waals surface area (Å²) < 4.78 is 16.9. The summed E-state index contributed by atoms with van der Waals surface area (Å²) in [7, 11) is 0. The molecule has 2 aromatic rings. The number of aromatic nitrogens is 3. The largest absolute Gasteiger partial charge is 0.508 e. The van der Waals surface area contributed by atoms with E-state index >= 15 is 0 Å². The molecule has 4 rings (SSSR count). The maximum absolute atomic E-state index is 11.6. The Morgan fingerprint density at radius 2 is 2.26 bits per heavy atom. The molecule has 4 N–H and O–H groups in total. The number of nitriles is 1. The highest BCUT2D eigenvalue weighted by Gasteiger charge is 2.57. The van der Waals surface area contributed by atoms with Crippen LogP contribution in [0.25, 0.3) is 5.52 Å². The molecular weight excluding hydrogens is 358 g/mol. The minimum absolute atomic E-state index is 0.166. The molecule has 4 atom stereocenters. The lowest BCUT2D eigenvalue weighted by atomic mass is 9.96. The summed E-state index contributed by atoms with van der Waals surface area (Å²) in [5.74, 6) is 0.224. The van der Waals surface area contributed by atoms with E-state index in [1.807, 2.05) is 0 Å². The number of ether oxygens (including phenoxy) is 3. The highest BCUT2D eigenvalue weighted by atomic mass is 16.7. The van der Waals surface area contributed by atoms with Gasteiger partial charge in [-0.05, 0) is 25.0 Å². The Hall–Kier alpha value is -2.94. The molecule has 2 fully saturated rings. The molecule has 1 aliphatic heterocycles. The van der Waals surface area contributed by atoms with Gasteiger partial charge in [0.15, 0.2) is 5.82 Å². The standard InChI is InChI=1S/C16H17N5O6/c17-5-16(6-25-15(24)26-8-1-2-8)13(23)11(22)12(27-16)9-3-4-10-14(18)19-7-20-21(9)10/h3-4,7-8,11-13,22-23H,1-2,6H2,(H2,18,19,20)/t11-,12?,13-,16+/m0/s1. The van der Waals surface area contributed by atoms with Crippen molar-refractivity contribution in [3.05, 3.63) is 24.2 Å². The summed E-state index contributed by atoms with van der Waals surface area (Å²) in [5.41, 5.74) is 4.69. The van der Waals surface area contributed by atoms with Crippen LogP contribution in [0.15, 0.2) is 18.5 Å². The molecule has 11 nitrogen and oxygen atoms in total. The van der Waals surface area contributed by atoms with Crippen LogP contribution in [-0.2, 0) is 14.2 Å². The van der Waals surface area contributed by atoms with Gasteiger partial charge in [-0.25, -0.2) is 14.3 Å². The predicted octanol–water partition coefficient (Wildman–Crippen LogP) is -0.317. The van der Waals surface area contributed by atoms with E-state index in [1.54, 1.807) is 18.2 Å². The number of carbonyl (C=O) groups is 1. The SMILES string of the molecule is N#C[C@]1(COC(=O)OC2CC2)OC(c2ccc3c(N)ncnn23)[C@H](O)[C@@H]1O. The van der Waals surface area contributed by atoms with Gasteiger partial charge < -0.3 is 30.2 Å². The molecule has 0 aromatic carbocycles. The first kappa shape index (κ1) is 17.5. The molecule has 0 amide bonds. The van der Waals surface area contributed by atoms with Crippen LogP contribution in [0, 0.1) is 11.3 Å². The summed E-state index contributed by atoms with van der Waals surface area (Å²) in [5, 5.41) is 34.5. The van der Waals surface area contributed by atoms with Crippen molar-refractivity contribution in [3.63, 3.8) is 0 Å². The van der Waals surface area contributed by atoms with E-state index in [4.69, 9.17) is 19.9 Å². The van der Waals surface area contributed by atoms with Crippen LogP contribution in [0.5, 0.6) is 0 Å². The Labute approximate surface area is 152 Å². The van der Waals surface area contributed by atoms with Gasteiger partial charge in [-0.15, -0.1) is 0 Å². The van der Waals surface area contributed by atoms with Gasteiger partial charge >= 0.3 is 6.16 Å². The van der Waals surface area contributed by atoms with Crippen molar-refractivity contribution in [2.45, 2.75) is 42.9 Å². The number of hydrogen-bond acceptors (Lipinski definition) is 10. The second-order valence-corrected chi connectivity index (χ2v) is 6.53. The Morgan fingerprint density at radius 3 is 2.96 bits per heavy atom. The molecule has 2 aliphatic rings. The first-order valence-corrected chi connectivity index (χ1v) is 8.32. The van der Waals surface area contributed by atoms with Crippen LogP contribution >= 0.6 is 0 Å². The van der Waals surface area contributed by atoms with E-state index in [0.717, 1.165) is 12.8 Å².